The zero-order chi connectivity index (χ0) is 14.1. The lowest BCUT2D eigenvalue weighted by molar-refractivity contribution is 0.291. The first kappa shape index (κ1) is 13.0. The van der Waals surface area contributed by atoms with Gasteiger partial charge < -0.3 is 15.1 Å². The van der Waals surface area contributed by atoms with E-state index in [0.29, 0.717) is 5.92 Å². The summed E-state index contributed by atoms with van der Waals surface area (Å²) in [7, 11) is 4.03. The van der Waals surface area contributed by atoms with Gasteiger partial charge in [0.15, 0.2) is 0 Å². The van der Waals surface area contributed by atoms with Crippen LogP contribution in [0.1, 0.15) is 18.9 Å². The van der Waals surface area contributed by atoms with E-state index in [1.807, 2.05) is 7.05 Å². The third-order valence-electron chi connectivity index (χ3n) is 3.86. The molecule has 1 aromatic rings. The second-order valence-corrected chi connectivity index (χ2v) is 5.75. The van der Waals surface area contributed by atoms with E-state index < -0.39 is 0 Å². The fourth-order valence-electron chi connectivity index (χ4n) is 2.80. The Balaban J connectivity index is 1.96. The summed E-state index contributed by atoms with van der Waals surface area (Å²) >= 11 is 0. The van der Waals surface area contributed by atoms with Crippen LogP contribution < -0.4 is 15.9 Å². The van der Waals surface area contributed by atoms with Crippen LogP contribution in [0.5, 0.6) is 0 Å². The van der Waals surface area contributed by atoms with Crippen LogP contribution >= 0.6 is 0 Å². The highest BCUT2D eigenvalue weighted by molar-refractivity contribution is 5.48. The lowest BCUT2D eigenvalue weighted by Crippen LogP contribution is -2.34. The van der Waals surface area contributed by atoms with Crippen molar-refractivity contribution in [3.63, 3.8) is 0 Å². The van der Waals surface area contributed by atoms with Crippen molar-refractivity contribution in [3.8, 4) is 0 Å². The molecule has 3 rings (SSSR count). The van der Waals surface area contributed by atoms with E-state index >= 15 is 0 Å². The Labute approximate surface area is 120 Å². The average molecular weight is 270 g/mol. The first-order valence-electron chi connectivity index (χ1n) is 7.18. The summed E-state index contributed by atoms with van der Waals surface area (Å²) < 4.78 is 0. The number of anilines is 1. The molecule has 106 valence electrons. The Kier molecular flexibility index (Phi) is 3.38. The molecule has 2 aliphatic rings. The summed E-state index contributed by atoms with van der Waals surface area (Å²) in [6, 6.07) is 2.28. The highest BCUT2D eigenvalue weighted by atomic mass is 15.3. The third-order valence-corrected chi connectivity index (χ3v) is 3.86. The number of nitrogens with one attached hydrogen (secondary N) is 1. The molecule has 2 heterocycles. The lowest BCUT2D eigenvalue weighted by Gasteiger charge is -2.20. The van der Waals surface area contributed by atoms with Crippen molar-refractivity contribution in [3.05, 3.63) is 34.6 Å². The van der Waals surface area contributed by atoms with Gasteiger partial charge in [-0.15, -0.1) is 0 Å². The Hall–Kier alpha value is -1.97. The third kappa shape index (κ3) is 2.50. The number of nitrogens with zero attached hydrogens (tertiary/aromatic N) is 3. The van der Waals surface area contributed by atoms with E-state index in [1.54, 1.807) is 0 Å². The number of hydrogen-bond acceptors (Lipinski definition) is 4. The van der Waals surface area contributed by atoms with E-state index in [9.17, 15) is 0 Å². The van der Waals surface area contributed by atoms with Crippen LogP contribution in [0.3, 0.4) is 0 Å². The van der Waals surface area contributed by atoms with E-state index in [-0.39, 0.29) is 0 Å². The Morgan fingerprint density at radius 1 is 1.40 bits per heavy atom. The fraction of sp³-hybridized carbons (Fsp3) is 0.438. The van der Waals surface area contributed by atoms with Crippen LogP contribution in [0.4, 0.5) is 5.82 Å². The summed E-state index contributed by atoms with van der Waals surface area (Å²) in [6.45, 7) is 4.08. The summed E-state index contributed by atoms with van der Waals surface area (Å²) in [5.41, 5.74) is 1.25. The van der Waals surface area contributed by atoms with E-state index in [4.69, 9.17) is 4.98 Å². The van der Waals surface area contributed by atoms with Crippen LogP contribution in [0, 0.1) is 5.92 Å². The Morgan fingerprint density at radius 2 is 2.25 bits per heavy atom. The SMILES string of the molecule is CNc1nc2c(cc1CN1C=CN(C)C1)=CC(C)CC=2. The second-order valence-electron chi connectivity index (χ2n) is 5.75. The first-order chi connectivity index (χ1) is 9.65. The molecule has 0 spiro atoms. The van der Waals surface area contributed by atoms with E-state index in [1.165, 1.54) is 10.8 Å². The van der Waals surface area contributed by atoms with Crippen molar-refractivity contribution in [2.24, 2.45) is 5.92 Å². The van der Waals surface area contributed by atoms with Gasteiger partial charge in [-0.05, 0) is 23.6 Å². The van der Waals surface area contributed by atoms with Gasteiger partial charge in [0.1, 0.15) is 5.82 Å². The largest absolute Gasteiger partial charge is 0.373 e. The van der Waals surface area contributed by atoms with E-state index in [0.717, 1.165) is 30.8 Å². The summed E-state index contributed by atoms with van der Waals surface area (Å²) in [4.78, 5) is 9.23. The molecule has 0 saturated heterocycles. The maximum Gasteiger partial charge on any atom is 0.131 e. The van der Waals surface area contributed by atoms with Crippen molar-refractivity contribution in [2.45, 2.75) is 19.9 Å². The highest BCUT2D eigenvalue weighted by Crippen LogP contribution is 2.15. The molecule has 20 heavy (non-hydrogen) atoms. The summed E-state index contributed by atoms with van der Waals surface area (Å²) in [6.07, 6.45) is 9.90. The molecule has 1 aliphatic heterocycles. The average Bonchev–Trinajstić information content (AvgIpc) is 2.83. The topological polar surface area (TPSA) is 31.4 Å². The number of fused-ring (bicyclic) bond motifs is 1. The fourth-order valence-corrected chi connectivity index (χ4v) is 2.80. The monoisotopic (exact) mass is 270 g/mol. The molecular weight excluding hydrogens is 248 g/mol. The molecule has 0 bridgehead atoms. The minimum absolute atomic E-state index is 0.607. The summed E-state index contributed by atoms with van der Waals surface area (Å²) in [5.74, 6) is 1.60. The molecule has 0 amide bonds. The standard InChI is InChI=1S/C16H22N4/c1-12-4-5-15-13(8-12)9-14(16(17-2)18-15)10-20-7-6-19(3)11-20/h5-9,12H,4,10-11H2,1-3H3,(H,17,18). The van der Waals surface area contributed by atoms with Gasteiger partial charge in [-0.25, -0.2) is 4.98 Å². The maximum absolute atomic E-state index is 4.76. The van der Waals surface area contributed by atoms with Crippen LogP contribution in [-0.4, -0.2) is 35.5 Å². The molecule has 1 aromatic heterocycles. The van der Waals surface area contributed by atoms with Gasteiger partial charge >= 0.3 is 0 Å². The zero-order valence-electron chi connectivity index (χ0n) is 12.4. The van der Waals surface area contributed by atoms with Crippen LogP contribution in [0.2, 0.25) is 0 Å². The molecule has 1 unspecified atom stereocenters. The zero-order valence-corrected chi connectivity index (χ0v) is 12.4. The number of rotatable bonds is 3. The predicted octanol–water partition coefficient (Wildman–Crippen LogP) is 0.900. The van der Waals surface area contributed by atoms with Gasteiger partial charge in [0.25, 0.3) is 0 Å². The van der Waals surface area contributed by atoms with E-state index in [2.05, 4.69) is 59.7 Å². The molecule has 1 aliphatic carbocycles. The van der Waals surface area contributed by atoms with Crippen molar-refractivity contribution in [1.29, 1.82) is 0 Å². The van der Waals surface area contributed by atoms with Gasteiger partial charge in [0.2, 0.25) is 0 Å². The number of hydrogen-bond donors (Lipinski definition) is 1. The molecule has 4 nitrogen and oxygen atoms in total. The first-order valence-corrected chi connectivity index (χ1v) is 7.18. The van der Waals surface area contributed by atoms with Crippen LogP contribution in [0.25, 0.3) is 12.2 Å². The molecule has 1 N–H and O–H groups in total. The Morgan fingerprint density at radius 3 is 2.95 bits per heavy atom. The van der Waals surface area contributed by atoms with Crippen molar-refractivity contribution >= 4 is 18.0 Å². The minimum atomic E-state index is 0.607. The van der Waals surface area contributed by atoms with Crippen molar-refractivity contribution < 1.29 is 0 Å². The smallest absolute Gasteiger partial charge is 0.131 e. The molecule has 0 aromatic carbocycles. The quantitative estimate of drug-likeness (QED) is 0.884. The lowest BCUT2D eigenvalue weighted by atomic mass is 10.0. The minimum Gasteiger partial charge on any atom is -0.373 e. The van der Waals surface area contributed by atoms with Gasteiger partial charge in [0.05, 0.1) is 12.0 Å². The van der Waals surface area contributed by atoms with Gasteiger partial charge in [0, 0.05) is 38.6 Å². The Bertz CT molecular complexity index is 647. The molecular formula is C16H22N4. The molecule has 4 heteroatoms. The van der Waals surface area contributed by atoms with Gasteiger partial charge in [-0.1, -0.05) is 19.1 Å². The van der Waals surface area contributed by atoms with Crippen LogP contribution in [0.15, 0.2) is 18.5 Å². The van der Waals surface area contributed by atoms with Crippen molar-refractivity contribution in [1.82, 2.24) is 14.8 Å². The molecule has 0 saturated carbocycles. The maximum atomic E-state index is 4.76. The number of pyridine rings is 1. The predicted molar refractivity (Wildman–Crippen MR) is 83.1 cm³/mol. The molecule has 0 fully saturated rings. The van der Waals surface area contributed by atoms with Crippen LogP contribution in [-0.2, 0) is 6.54 Å². The van der Waals surface area contributed by atoms with Gasteiger partial charge in [-0.3, -0.25) is 0 Å². The normalized spacial score (nSPS) is 20.4. The highest BCUT2D eigenvalue weighted by Gasteiger charge is 2.13. The summed E-state index contributed by atoms with van der Waals surface area (Å²) in [5, 5.41) is 5.62. The second kappa shape index (κ2) is 5.19. The molecule has 0 radical (unpaired) electrons. The number of aromatic nitrogens is 1. The van der Waals surface area contributed by atoms with Crippen molar-refractivity contribution in [2.75, 3.05) is 26.1 Å². The molecule has 1 atom stereocenters. The van der Waals surface area contributed by atoms with Gasteiger partial charge in [-0.2, -0.15) is 0 Å².